The lowest BCUT2D eigenvalue weighted by Gasteiger charge is -2.17. The van der Waals surface area contributed by atoms with Gasteiger partial charge in [0.15, 0.2) is 6.10 Å². The molecule has 2 aromatic carbocycles. The molecule has 2 rings (SSSR count). The maximum atomic E-state index is 12.3. The molecule has 1 N–H and O–H groups in total. The van der Waals surface area contributed by atoms with Gasteiger partial charge in [-0.1, -0.05) is 33.7 Å². The van der Waals surface area contributed by atoms with E-state index in [1.807, 2.05) is 0 Å². The van der Waals surface area contributed by atoms with Gasteiger partial charge < -0.3 is 10.1 Å². The molecule has 1 unspecified atom stereocenters. The van der Waals surface area contributed by atoms with E-state index in [-0.39, 0.29) is 15.7 Å². The van der Waals surface area contributed by atoms with E-state index in [1.54, 1.807) is 25.1 Å². The largest absolute Gasteiger partial charge is 0.479 e. The van der Waals surface area contributed by atoms with Crippen LogP contribution >= 0.6 is 23.2 Å². The molecule has 0 aliphatic carbocycles. The fourth-order valence-corrected chi connectivity index (χ4v) is 3.33. The van der Waals surface area contributed by atoms with Crippen LogP contribution in [0.1, 0.15) is 6.92 Å². The second-order valence-electron chi connectivity index (χ2n) is 5.42. The van der Waals surface area contributed by atoms with Crippen molar-refractivity contribution in [2.24, 2.45) is 0 Å². The highest BCUT2D eigenvalue weighted by molar-refractivity contribution is 7.89. The number of nitrogens with zero attached hydrogens (tertiary/aromatic N) is 1. The Hall–Kier alpha value is -1.84. The van der Waals surface area contributed by atoms with E-state index >= 15 is 0 Å². The maximum absolute atomic E-state index is 12.3. The van der Waals surface area contributed by atoms with Crippen molar-refractivity contribution in [3.05, 3.63) is 52.5 Å². The van der Waals surface area contributed by atoms with Crippen LogP contribution in [0.5, 0.6) is 5.75 Å². The summed E-state index contributed by atoms with van der Waals surface area (Å²) in [5.74, 6) is -0.147. The lowest BCUT2D eigenvalue weighted by atomic mass is 10.3. The summed E-state index contributed by atoms with van der Waals surface area (Å²) in [5.41, 5.74) is 0.409. The SMILES string of the molecule is CON(C)S(=O)(=O)c1ccc(NC(=O)C(C)Oc2cccc(Cl)c2Cl)cc1. The average molecular weight is 433 g/mol. The van der Waals surface area contributed by atoms with Gasteiger partial charge in [0.2, 0.25) is 0 Å². The predicted molar refractivity (Wildman–Crippen MR) is 104 cm³/mol. The fraction of sp³-hybridized carbons (Fsp3) is 0.235. The summed E-state index contributed by atoms with van der Waals surface area (Å²) < 4.78 is 30.6. The average Bonchev–Trinajstić information content (AvgIpc) is 2.65. The number of hydrogen-bond acceptors (Lipinski definition) is 5. The van der Waals surface area contributed by atoms with Gasteiger partial charge in [-0.15, -0.1) is 0 Å². The minimum absolute atomic E-state index is 0.0276. The number of carbonyl (C=O) groups is 1. The molecule has 0 aliphatic heterocycles. The normalized spacial score (nSPS) is 12.7. The fourth-order valence-electron chi connectivity index (χ4n) is 2.02. The van der Waals surface area contributed by atoms with Crippen molar-refractivity contribution in [1.82, 2.24) is 4.47 Å². The van der Waals surface area contributed by atoms with Gasteiger partial charge in [0.1, 0.15) is 10.8 Å². The molecule has 1 amide bonds. The van der Waals surface area contributed by atoms with Crippen molar-refractivity contribution in [1.29, 1.82) is 0 Å². The summed E-state index contributed by atoms with van der Waals surface area (Å²) in [7, 11) is -1.22. The van der Waals surface area contributed by atoms with E-state index in [2.05, 4.69) is 5.32 Å². The van der Waals surface area contributed by atoms with Gasteiger partial charge in [-0.3, -0.25) is 9.63 Å². The Kier molecular flexibility index (Phi) is 7.07. The molecule has 0 aromatic heterocycles. The van der Waals surface area contributed by atoms with E-state index < -0.39 is 22.0 Å². The van der Waals surface area contributed by atoms with Crippen molar-refractivity contribution in [3.8, 4) is 5.75 Å². The molecule has 7 nitrogen and oxygen atoms in total. The molecule has 27 heavy (non-hydrogen) atoms. The molecule has 0 heterocycles. The van der Waals surface area contributed by atoms with Gasteiger partial charge >= 0.3 is 0 Å². The Labute approximate surface area is 167 Å². The number of nitrogens with one attached hydrogen (secondary N) is 1. The highest BCUT2D eigenvalue weighted by Crippen LogP contribution is 2.32. The smallest absolute Gasteiger partial charge is 0.265 e. The van der Waals surface area contributed by atoms with Crippen molar-refractivity contribution in [2.45, 2.75) is 17.9 Å². The third-order valence-electron chi connectivity index (χ3n) is 3.60. The molecular weight excluding hydrogens is 415 g/mol. The van der Waals surface area contributed by atoms with Crippen molar-refractivity contribution >= 4 is 44.8 Å². The Balaban J connectivity index is 2.06. The number of rotatable bonds is 7. The maximum Gasteiger partial charge on any atom is 0.265 e. The van der Waals surface area contributed by atoms with Crippen LogP contribution in [0.25, 0.3) is 0 Å². The highest BCUT2D eigenvalue weighted by Gasteiger charge is 2.21. The molecule has 0 bridgehead atoms. The van der Waals surface area contributed by atoms with Crippen LogP contribution < -0.4 is 10.1 Å². The second-order valence-corrected chi connectivity index (χ2v) is 8.14. The second kappa shape index (κ2) is 8.90. The number of hydrogen-bond donors (Lipinski definition) is 1. The third-order valence-corrected chi connectivity index (χ3v) is 6.10. The summed E-state index contributed by atoms with van der Waals surface area (Å²) >= 11 is 12.0. The molecule has 146 valence electrons. The van der Waals surface area contributed by atoms with Crippen LogP contribution in [-0.4, -0.2) is 39.1 Å². The first-order valence-electron chi connectivity index (χ1n) is 7.71. The number of sulfonamides is 1. The zero-order valence-corrected chi connectivity index (χ0v) is 17.1. The van der Waals surface area contributed by atoms with Crippen molar-refractivity contribution in [3.63, 3.8) is 0 Å². The van der Waals surface area contributed by atoms with E-state index in [4.69, 9.17) is 32.8 Å². The van der Waals surface area contributed by atoms with E-state index in [0.717, 1.165) is 4.47 Å². The number of benzene rings is 2. The van der Waals surface area contributed by atoms with Gasteiger partial charge in [0.05, 0.1) is 17.0 Å². The summed E-state index contributed by atoms with van der Waals surface area (Å²) in [6, 6.07) is 10.5. The number of halogens is 2. The lowest BCUT2D eigenvalue weighted by Crippen LogP contribution is -2.30. The van der Waals surface area contributed by atoms with Crippen LogP contribution in [-0.2, 0) is 19.7 Å². The summed E-state index contributed by atoms with van der Waals surface area (Å²) in [4.78, 5) is 17.0. The zero-order chi connectivity index (χ0) is 20.2. The molecule has 0 fully saturated rings. The molecule has 0 aliphatic rings. The van der Waals surface area contributed by atoms with Gasteiger partial charge in [-0.25, -0.2) is 8.42 Å². The van der Waals surface area contributed by atoms with Crippen LogP contribution in [0, 0.1) is 0 Å². The van der Waals surface area contributed by atoms with E-state index in [1.165, 1.54) is 38.4 Å². The Morgan fingerprint density at radius 1 is 1.15 bits per heavy atom. The predicted octanol–water partition coefficient (Wildman–Crippen LogP) is 3.58. The molecule has 2 aromatic rings. The zero-order valence-electron chi connectivity index (χ0n) is 14.8. The van der Waals surface area contributed by atoms with E-state index in [9.17, 15) is 13.2 Å². The Morgan fingerprint density at radius 2 is 1.78 bits per heavy atom. The summed E-state index contributed by atoms with van der Waals surface area (Å²) in [5, 5.41) is 3.18. The number of hydroxylamine groups is 1. The monoisotopic (exact) mass is 432 g/mol. The minimum Gasteiger partial charge on any atom is -0.479 e. The van der Waals surface area contributed by atoms with Gasteiger partial charge in [-0.05, 0) is 43.3 Å². The topological polar surface area (TPSA) is 84.9 Å². The lowest BCUT2D eigenvalue weighted by molar-refractivity contribution is -0.122. The number of anilines is 1. The Morgan fingerprint density at radius 3 is 2.37 bits per heavy atom. The molecule has 10 heteroatoms. The van der Waals surface area contributed by atoms with Crippen LogP contribution in [0.3, 0.4) is 0 Å². The van der Waals surface area contributed by atoms with Gasteiger partial charge in [0.25, 0.3) is 15.9 Å². The molecule has 0 radical (unpaired) electrons. The number of carbonyl (C=O) groups excluding carboxylic acids is 1. The first-order valence-corrected chi connectivity index (χ1v) is 9.91. The number of ether oxygens (including phenoxy) is 1. The highest BCUT2D eigenvalue weighted by atomic mass is 35.5. The number of amides is 1. The third kappa shape index (κ3) is 5.12. The Bertz CT molecular complexity index is 919. The van der Waals surface area contributed by atoms with Crippen molar-refractivity contribution in [2.75, 3.05) is 19.5 Å². The summed E-state index contributed by atoms with van der Waals surface area (Å²) in [6.45, 7) is 1.55. The first kappa shape index (κ1) is 21.5. The van der Waals surface area contributed by atoms with Gasteiger partial charge in [-0.2, -0.15) is 0 Å². The standard InChI is InChI=1S/C17H18Cl2N2O5S/c1-11(26-15-6-4-5-14(18)16(15)19)17(22)20-12-7-9-13(10-8-12)27(23,24)21(2)25-3/h4-11H,1-3H3,(H,20,22). The van der Waals surface area contributed by atoms with Gasteiger partial charge in [0, 0.05) is 12.7 Å². The molecule has 0 saturated heterocycles. The van der Waals surface area contributed by atoms with Crippen LogP contribution in [0.15, 0.2) is 47.4 Å². The minimum atomic E-state index is -3.75. The van der Waals surface area contributed by atoms with Crippen molar-refractivity contribution < 1.29 is 22.8 Å². The van der Waals surface area contributed by atoms with Crippen LogP contribution in [0.2, 0.25) is 10.0 Å². The molecule has 1 atom stereocenters. The van der Waals surface area contributed by atoms with E-state index in [0.29, 0.717) is 10.7 Å². The molecule has 0 spiro atoms. The van der Waals surface area contributed by atoms with Crippen LogP contribution in [0.4, 0.5) is 5.69 Å². The molecular formula is C17H18Cl2N2O5S. The summed E-state index contributed by atoms with van der Waals surface area (Å²) in [6.07, 6.45) is -0.857. The molecule has 0 saturated carbocycles. The first-order chi connectivity index (χ1) is 12.7. The quantitative estimate of drug-likeness (QED) is 0.675.